The first kappa shape index (κ1) is 20.8. The number of rotatable bonds is 8. The first-order valence-corrected chi connectivity index (χ1v) is 8.90. The van der Waals surface area contributed by atoms with Gasteiger partial charge in [0.05, 0.1) is 25.6 Å². The molecule has 0 saturated heterocycles. The Balaban J connectivity index is 1.64. The number of ether oxygens (including phenoxy) is 3. The van der Waals surface area contributed by atoms with Crippen molar-refractivity contribution in [2.24, 2.45) is 0 Å². The van der Waals surface area contributed by atoms with Crippen molar-refractivity contribution in [3.8, 4) is 23.0 Å². The van der Waals surface area contributed by atoms with Crippen LogP contribution in [-0.2, 0) is 16.0 Å². The Morgan fingerprint density at radius 3 is 2.43 bits per heavy atom. The topological polar surface area (TPSA) is 127 Å². The number of esters is 1. The smallest absolute Gasteiger partial charge is 0.311 e. The zero-order valence-corrected chi connectivity index (χ0v) is 16.5. The fraction of sp³-hybridized carbons (Fsp3) is 0.250. The second kappa shape index (κ2) is 9.03. The number of non-ortho nitro benzene ring substituents is 1. The van der Waals surface area contributed by atoms with Crippen LogP contribution in [0.1, 0.15) is 24.5 Å². The quantitative estimate of drug-likeness (QED) is 0.309. The maximum atomic E-state index is 12.3. The lowest BCUT2D eigenvalue weighted by Gasteiger charge is -2.11. The van der Waals surface area contributed by atoms with Gasteiger partial charge in [-0.2, -0.15) is 0 Å². The standard InChI is InChI=1S/C20H19N3O7/c1-12(29-18(24)11-13-4-9-16(27-2)17(10-13)28-3)19-21-22-20(30-19)14-5-7-15(8-6-14)23(25)26/h4-10,12H,11H2,1-3H3/t12-/m1/s1. The van der Waals surface area contributed by atoms with Crippen LogP contribution >= 0.6 is 0 Å². The average molecular weight is 413 g/mol. The molecule has 1 heterocycles. The molecule has 1 atom stereocenters. The zero-order chi connectivity index (χ0) is 21.7. The summed E-state index contributed by atoms with van der Waals surface area (Å²) in [7, 11) is 3.04. The van der Waals surface area contributed by atoms with Crippen molar-refractivity contribution in [1.29, 1.82) is 0 Å². The number of hydrogen-bond donors (Lipinski definition) is 0. The first-order valence-electron chi connectivity index (χ1n) is 8.90. The number of nitrogens with zero attached hydrogens (tertiary/aromatic N) is 3. The van der Waals surface area contributed by atoms with Crippen LogP contribution in [0.3, 0.4) is 0 Å². The van der Waals surface area contributed by atoms with E-state index in [1.165, 1.54) is 38.5 Å². The van der Waals surface area contributed by atoms with Crippen molar-refractivity contribution in [3.05, 3.63) is 64.0 Å². The number of benzene rings is 2. The third-order valence-electron chi connectivity index (χ3n) is 4.22. The summed E-state index contributed by atoms with van der Waals surface area (Å²) >= 11 is 0. The molecule has 0 aliphatic heterocycles. The van der Waals surface area contributed by atoms with Gasteiger partial charge in [0.25, 0.3) is 11.6 Å². The number of aromatic nitrogens is 2. The molecule has 0 aliphatic rings. The minimum atomic E-state index is -0.767. The molecule has 0 radical (unpaired) electrons. The maximum Gasteiger partial charge on any atom is 0.311 e. The van der Waals surface area contributed by atoms with E-state index >= 15 is 0 Å². The third-order valence-corrected chi connectivity index (χ3v) is 4.22. The Kier molecular flexibility index (Phi) is 6.26. The van der Waals surface area contributed by atoms with Gasteiger partial charge in [0.1, 0.15) is 0 Å². The van der Waals surface area contributed by atoms with Crippen LogP contribution < -0.4 is 9.47 Å². The van der Waals surface area contributed by atoms with Crippen LogP contribution in [0.15, 0.2) is 46.9 Å². The molecular weight excluding hydrogens is 394 g/mol. The molecule has 0 unspecified atom stereocenters. The van der Waals surface area contributed by atoms with Crippen molar-refractivity contribution in [2.45, 2.75) is 19.4 Å². The Labute approximate surface area is 171 Å². The summed E-state index contributed by atoms with van der Waals surface area (Å²) in [5.41, 5.74) is 1.17. The molecule has 2 aromatic carbocycles. The predicted octanol–water partition coefficient (Wildman–Crippen LogP) is 3.51. The summed E-state index contributed by atoms with van der Waals surface area (Å²) in [6.07, 6.45) is -0.745. The van der Waals surface area contributed by atoms with Crippen LogP contribution in [0.4, 0.5) is 5.69 Å². The molecule has 30 heavy (non-hydrogen) atoms. The maximum absolute atomic E-state index is 12.3. The van der Waals surface area contributed by atoms with Crippen molar-refractivity contribution in [1.82, 2.24) is 10.2 Å². The van der Waals surface area contributed by atoms with E-state index in [4.69, 9.17) is 18.6 Å². The van der Waals surface area contributed by atoms with E-state index in [0.717, 1.165) is 0 Å². The van der Waals surface area contributed by atoms with E-state index in [1.807, 2.05) is 0 Å². The molecule has 0 spiro atoms. The monoisotopic (exact) mass is 413 g/mol. The average Bonchev–Trinajstić information content (AvgIpc) is 3.24. The normalized spacial score (nSPS) is 11.6. The van der Waals surface area contributed by atoms with Gasteiger partial charge in [-0.25, -0.2) is 0 Å². The van der Waals surface area contributed by atoms with Gasteiger partial charge in [0.15, 0.2) is 17.6 Å². The highest BCUT2D eigenvalue weighted by atomic mass is 16.6. The van der Waals surface area contributed by atoms with E-state index in [0.29, 0.717) is 22.6 Å². The van der Waals surface area contributed by atoms with Crippen molar-refractivity contribution in [3.63, 3.8) is 0 Å². The number of hydrogen-bond acceptors (Lipinski definition) is 9. The van der Waals surface area contributed by atoms with Gasteiger partial charge in [-0.3, -0.25) is 14.9 Å². The van der Waals surface area contributed by atoms with Crippen molar-refractivity contribution < 1.29 is 28.3 Å². The molecule has 0 amide bonds. The fourth-order valence-corrected chi connectivity index (χ4v) is 2.69. The minimum absolute atomic E-state index is 0.0219. The number of carbonyl (C=O) groups is 1. The predicted molar refractivity (Wildman–Crippen MR) is 104 cm³/mol. The number of nitro benzene ring substituents is 1. The minimum Gasteiger partial charge on any atom is -0.493 e. The van der Waals surface area contributed by atoms with Gasteiger partial charge < -0.3 is 18.6 Å². The van der Waals surface area contributed by atoms with Crippen molar-refractivity contribution in [2.75, 3.05) is 14.2 Å². The van der Waals surface area contributed by atoms with Gasteiger partial charge in [-0.05, 0) is 36.8 Å². The molecule has 0 aliphatic carbocycles. The van der Waals surface area contributed by atoms with Crippen LogP contribution in [0, 0.1) is 10.1 Å². The summed E-state index contributed by atoms with van der Waals surface area (Å²) in [4.78, 5) is 22.5. The second-order valence-electron chi connectivity index (χ2n) is 6.25. The van der Waals surface area contributed by atoms with Gasteiger partial charge in [0, 0.05) is 17.7 Å². The Morgan fingerprint density at radius 2 is 1.80 bits per heavy atom. The summed E-state index contributed by atoms with van der Waals surface area (Å²) < 4.78 is 21.3. The molecule has 0 bridgehead atoms. The van der Waals surface area contributed by atoms with Gasteiger partial charge in [-0.1, -0.05) is 6.07 Å². The molecular formula is C20H19N3O7. The lowest BCUT2D eigenvalue weighted by Crippen LogP contribution is -2.12. The largest absolute Gasteiger partial charge is 0.493 e. The Bertz CT molecular complexity index is 1050. The third kappa shape index (κ3) is 4.72. The number of carbonyl (C=O) groups excluding carboxylic acids is 1. The highest BCUT2D eigenvalue weighted by Gasteiger charge is 2.20. The zero-order valence-electron chi connectivity index (χ0n) is 16.5. The SMILES string of the molecule is COc1ccc(CC(=O)O[C@H](C)c2nnc(-c3ccc([N+](=O)[O-])cc3)o2)cc1OC. The lowest BCUT2D eigenvalue weighted by molar-refractivity contribution is -0.384. The van der Waals surface area contributed by atoms with Crippen LogP contribution in [0.25, 0.3) is 11.5 Å². The van der Waals surface area contributed by atoms with E-state index in [2.05, 4.69) is 10.2 Å². The van der Waals surface area contributed by atoms with Crippen LogP contribution in [0.2, 0.25) is 0 Å². The lowest BCUT2D eigenvalue weighted by atomic mass is 10.1. The molecule has 0 N–H and O–H groups in total. The molecule has 0 saturated carbocycles. The molecule has 10 heteroatoms. The first-order chi connectivity index (χ1) is 14.4. The van der Waals surface area contributed by atoms with Gasteiger partial charge >= 0.3 is 5.97 Å². The van der Waals surface area contributed by atoms with Crippen LogP contribution in [0.5, 0.6) is 11.5 Å². The molecule has 10 nitrogen and oxygen atoms in total. The summed E-state index contributed by atoms with van der Waals surface area (Å²) in [6, 6.07) is 10.8. The van der Waals surface area contributed by atoms with E-state index in [9.17, 15) is 14.9 Å². The van der Waals surface area contributed by atoms with E-state index < -0.39 is 17.0 Å². The Morgan fingerprint density at radius 1 is 1.10 bits per heavy atom. The molecule has 3 aromatic rings. The van der Waals surface area contributed by atoms with E-state index in [1.54, 1.807) is 25.1 Å². The number of methoxy groups -OCH3 is 2. The Hall–Kier alpha value is -3.95. The highest BCUT2D eigenvalue weighted by Crippen LogP contribution is 2.28. The summed E-state index contributed by atoms with van der Waals surface area (Å²) in [5, 5.41) is 18.5. The summed E-state index contributed by atoms with van der Waals surface area (Å²) in [6.45, 7) is 1.61. The van der Waals surface area contributed by atoms with E-state index in [-0.39, 0.29) is 23.9 Å². The number of nitro groups is 1. The van der Waals surface area contributed by atoms with Gasteiger partial charge in [-0.15, -0.1) is 10.2 Å². The second-order valence-corrected chi connectivity index (χ2v) is 6.25. The molecule has 0 fully saturated rings. The fourth-order valence-electron chi connectivity index (χ4n) is 2.69. The van der Waals surface area contributed by atoms with Gasteiger partial charge in [0.2, 0.25) is 5.89 Å². The molecule has 1 aromatic heterocycles. The van der Waals surface area contributed by atoms with Crippen LogP contribution in [-0.4, -0.2) is 35.3 Å². The van der Waals surface area contributed by atoms with Crippen molar-refractivity contribution >= 4 is 11.7 Å². The highest BCUT2D eigenvalue weighted by molar-refractivity contribution is 5.73. The molecule has 3 rings (SSSR count). The molecule has 156 valence electrons. The summed E-state index contributed by atoms with van der Waals surface area (Å²) in [5.74, 6) is 0.879.